The van der Waals surface area contributed by atoms with E-state index in [4.69, 9.17) is 23.2 Å². The highest BCUT2D eigenvalue weighted by Gasteiger charge is 2.12. The molecule has 1 amide bonds. The molecule has 0 aliphatic heterocycles. The third-order valence-electron chi connectivity index (χ3n) is 2.78. The normalized spacial score (nSPS) is 12.0. The van der Waals surface area contributed by atoms with Gasteiger partial charge in [0, 0.05) is 12.2 Å². The molecule has 0 heterocycles. The van der Waals surface area contributed by atoms with Crippen LogP contribution in [-0.4, -0.2) is 18.5 Å². The summed E-state index contributed by atoms with van der Waals surface area (Å²) in [5.41, 5.74) is 0.783. The lowest BCUT2D eigenvalue weighted by Gasteiger charge is -2.15. The number of carbonyl (C=O) groups excluding carboxylic acids is 1. The number of hydrogen-bond donors (Lipinski definition) is 2. The van der Waals surface area contributed by atoms with Gasteiger partial charge >= 0.3 is 0 Å². The van der Waals surface area contributed by atoms with E-state index in [9.17, 15) is 4.79 Å². The van der Waals surface area contributed by atoms with Gasteiger partial charge in [0.1, 0.15) is 6.04 Å². The van der Waals surface area contributed by atoms with E-state index < -0.39 is 0 Å². The molecule has 0 saturated carbocycles. The van der Waals surface area contributed by atoms with Crippen molar-refractivity contribution in [2.75, 3.05) is 11.9 Å². The number of benzene rings is 1. The van der Waals surface area contributed by atoms with E-state index in [1.807, 2.05) is 6.92 Å². The fourth-order valence-electron chi connectivity index (χ4n) is 1.64. The standard InChI is InChI=1S/C14H20Cl2N2O/c1-3-4-5-8-17-14(19)10(2)18-11-6-7-12(15)13(16)9-11/h6-7,9-10,18H,3-5,8H2,1-2H3,(H,17,19). The highest BCUT2D eigenvalue weighted by molar-refractivity contribution is 6.42. The summed E-state index contributed by atoms with van der Waals surface area (Å²) >= 11 is 11.8. The maximum Gasteiger partial charge on any atom is 0.242 e. The maximum atomic E-state index is 11.8. The number of halogens is 2. The molecule has 0 bridgehead atoms. The molecule has 2 N–H and O–H groups in total. The van der Waals surface area contributed by atoms with Crippen molar-refractivity contribution in [3.63, 3.8) is 0 Å². The molecule has 106 valence electrons. The molecule has 0 aliphatic carbocycles. The second-order valence-electron chi connectivity index (χ2n) is 4.49. The van der Waals surface area contributed by atoms with E-state index in [0.717, 1.165) is 31.5 Å². The predicted octanol–water partition coefficient (Wildman–Crippen LogP) is 4.10. The quantitative estimate of drug-likeness (QED) is 0.745. The molecule has 0 saturated heterocycles. The summed E-state index contributed by atoms with van der Waals surface area (Å²) in [5, 5.41) is 6.98. The summed E-state index contributed by atoms with van der Waals surface area (Å²) in [6, 6.07) is 4.91. The minimum absolute atomic E-state index is 0.0119. The summed E-state index contributed by atoms with van der Waals surface area (Å²) in [6.07, 6.45) is 3.30. The topological polar surface area (TPSA) is 41.1 Å². The molecule has 1 rings (SSSR count). The number of nitrogens with one attached hydrogen (secondary N) is 2. The van der Waals surface area contributed by atoms with Crippen LogP contribution in [0.3, 0.4) is 0 Å². The molecule has 1 atom stereocenters. The molecule has 0 spiro atoms. The van der Waals surface area contributed by atoms with Gasteiger partial charge in [-0.25, -0.2) is 0 Å². The zero-order valence-corrected chi connectivity index (χ0v) is 12.8. The molecule has 1 unspecified atom stereocenters. The zero-order chi connectivity index (χ0) is 14.3. The van der Waals surface area contributed by atoms with Gasteiger partial charge in [-0.2, -0.15) is 0 Å². The first-order valence-corrected chi connectivity index (χ1v) is 7.29. The first-order valence-electron chi connectivity index (χ1n) is 6.54. The lowest BCUT2D eigenvalue weighted by molar-refractivity contribution is -0.121. The second kappa shape index (κ2) is 8.28. The minimum Gasteiger partial charge on any atom is -0.374 e. The van der Waals surface area contributed by atoms with Crippen LogP contribution in [0.25, 0.3) is 0 Å². The van der Waals surface area contributed by atoms with E-state index in [1.54, 1.807) is 18.2 Å². The average Bonchev–Trinajstić information content (AvgIpc) is 2.38. The summed E-state index contributed by atoms with van der Waals surface area (Å²) in [5.74, 6) is -0.0119. The summed E-state index contributed by atoms with van der Waals surface area (Å²) in [7, 11) is 0. The van der Waals surface area contributed by atoms with Crippen LogP contribution >= 0.6 is 23.2 Å². The van der Waals surface area contributed by atoms with Crippen molar-refractivity contribution in [2.24, 2.45) is 0 Å². The SMILES string of the molecule is CCCCCNC(=O)C(C)Nc1ccc(Cl)c(Cl)c1. The van der Waals surface area contributed by atoms with Gasteiger partial charge in [-0.15, -0.1) is 0 Å². The molecule has 3 nitrogen and oxygen atoms in total. The fraction of sp³-hybridized carbons (Fsp3) is 0.500. The molecule has 1 aromatic rings. The minimum atomic E-state index is -0.307. The van der Waals surface area contributed by atoms with Crippen molar-refractivity contribution < 1.29 is 4.79 Å². The molecule has 0 aromatic heterocycles. The Kier molecular flexibility index (Phi) is 7.03. The number of rotatable bonds is 7. The second-order valence-corrected chi connectivity index (χ2v) is 5.31. The number of unbranched alkanes of at least 4 members (excludes halogenated alkanes) is 2. The van der Waals surface area contributed by atoms with Crippen LogP contribution in [0.5, 0.6) is 0 Å². The van der Waals surface area contributed by atoms with Crippen molar-refractivity contribution in [1.29, 1.82) is 0 Å². The Balaban J connectivity index is 2.42. The highest BCUT2D eigenvalue weighted by Crippen LogP contribution is 2.25. The van der Waals surface area contributed by atoms with E-state index >= 15 is 0 Å². The first-order chi connectivity index (χ1) is 9.04. The molecule has 19 heavy (non-hydrogen) atoms. The monoisotopic (exact) mass is 302 g/mol. The van der Waals surface area contributed by atoms with Gasteiger partial charge in [0.05, 0.1) is 10.0 Å². The van der Waals surface area contributed by atoms with Crippen molar-refractivity contribution in [3.8, 4) is 0 Å². The molecule has 0 fully saturated rings. The first kappa shape index (κ1) is 16.1. The van der Waals surface area contributed by atoms with Gasteiger partial charge in [0.2, 0.25) is 5.91 Å². The highest BCUT2D eigenvalue weighted by atomic mass is 35.5. The summed E-state index contributed by atoms with van der Waals surface area (Å²) < 4.78 is 0. The van der Waals surface area contributed by atoms with Gasteiger partial charge in [0.15, 0.2) is 0 Å². The van der Waals surface area contributed by atoms with Gasteiger partial charge < -0.3 is 10.6 Å². The predicted molar refractivity (Wildman–Crippen MR) is 82.1 cm³/mol. The lowest BCUT2D eigenvalue weighted by atomic mass is 10.2. The molecule has 0 radical (unpaired) electrons. The van der Waals surface area contributed by atoms with E-state index in [-0.39, 0.29) is 11.9 Å². The maximum absolute atomic E-state index is 11.8. The van der Waals surface area contributed by atoms with Crippen LogP contribution in [0.15, 0.2) is 18.2 Å². The molecular weight excluding hydrogens is 283 g/mol. The molecule has 5 heteroatoms. The van der Waals surface area contributed by atoms with Crippen LogP contribution in [0.2, 0.25) is 10.0 Å². The Morgan fingerprint density at radius 3 is 2.63 bits per heavy atom. The summed E-state index contributed by atoms with van der Waals surface area (Å²) in [4.78, 5) is 11.8. The number of hydrogen-bond acceptors (Lipinski definition) is 2. The van der Waals surface area contributed by atoms with Gasteiger partial charge in [0.25, 0.3) is 0 Å². The third kappa shape index (κ3) is 5.70. The Morgan fingerprint density at radius 2 is 2.00 bits per heavy atom. The smallest absolute Gasteiger partial charge is 0.242 e. The Hall–Kier alpha value is -0.930. The van der Waals surface area contributed by atoms with Gasteiger partial charge in [-0.1, -0.05) is 43.0 Å². The zero-order valence-electron chi connectivity index (χ0n) is 11.3. The van der Waals surface area contributed by atoms with Crippen LogP contribution in [0, 0.1) is 0 Å². The van der Waals surface area contributed by atoms with Gasteiger partial charge in [-0.3, -0.25) is 4.79 Å². The van der Waals surface area contributed by atoms with Crippen LogP contribution in [0.4, 0.5) is 5.69 Å². The van der Waals surface area contributed by atoms with E-state index in [1.165, 1.54) is 0 Å². The van der Waals surface area contributed by atoms with Crippen molar-refractivity contribution >= 4 is 34.8 Å². The van der Waals surface area contributed by atoms with Crippen LogP contribution < -0.4 is 10.6 Å². The lowest BCUT2D eigenvalue weighted by Crippen LogP contribution is -2.38. The number of anilines is 1. The summed E-state index contributed by atoms with van der Waals surface area (Å²) in [6.45, 7) is 4.67. The molecule has 1 aromatic carbocycles. The number of carbonyl (C=O) groups is 1. The van der Waals surface area contributed by atoms with Crippen LogP contribution in [-0.2, 0) is 4.79 Å². The fourth-order valence-corrected chi connectivity index (χ4v) is 1.94. The average molecular weight is 303 g/mol. The van der Waals surface area contributed by atoms with Crippen molar-refractivity contribution in [3.05, 3.63) is 28.2 Å². The third-order valence-corrected chi connectivity index (χ3v) is 3.51. The van der Waals surface area contributed by atoms with Gasteiger partial charge in [-0.05, 0) is 31.5 Å². The number of amides is 1. The van der Waals surface area contributed by atoms with Crippen molar-refractivity contribution in [2.45, 2.75) is 39.2 Å². The molecule has 0 aliphatic rings. The molecular formula is C14H20Cl2N2O. The Labute approximate surface area is 124 Å². The van der Waals surface area contributed by atoms with Crippen molar-refractivity contribution in [1.82, 2.24) is 5.32 Å². The Morgan fingerprint density at radius 1 is 1.26 bits per heavy atom. The van der Waals surface area contributed by atoms with E-state index in [2.05, 4.69) is 17.6 Å². The Bertz CT molecular complexity index is 424. The largest absolute Gasteiger partial charge is 0.374 e. The van der Waals surface area contributed by atoms with E-state index in [0.29, 0.717) is 10.0 Å². The van der Waals surface area contributed by atoms with Crippen LogP contribution in [0.1, 0.15) is 33.1 Å².